The molecule has 0 saturated heterocycles. The molecule has 0 aromatic heterocycles. The van der Waals surface area contributed by atoms with Crippen LogP contribution in [0.1, 0.15) is 64.6 Å². The predicted molar refractivity (Wildman–Crippen MR) is 148 cm³/mol. The van der Waals surface area contributed by atoms with E-state index in [1.54, 1.807) is 77.1 Å². The number of benzene rings is 2. The molecule has 0 radical (unpaired) electrons. The van der Waals surface area contributed by atoms with Crippen LogP contribution in [0.25, 0.3) is 0 Å². The molecule has 38 heavy (non-hydrogen) atoms. The number of primary amides is 1. The summed E-state index contributed by atoms with van der Waals surface area (Å²) in [5.74, 6) is -1.68. The van der Waals surface area contributed by atoms with Gasteiger partial charge >= 0.3 is 6.09 Å². The second kappa shape index (κ2) is 13.3. The lowest BCUT2D eigenvalue weighted by molar-refractivity contribution is -0.143. The second-order valence-electron chi connectivity index (χ2n) is 10.3. The quantitative estimate of drug-likeness (QED) is 0.398. The molecule has 2 aromatic carbocycles. The number of ether oxygens (including phenoxy) is 1. The minimum atomic E-state index is -1.17. The number of para-hydroxylation sites is 1. The highest BCUT2D eigenvalue weighted by molar-refractivity contribution is 6.34. The van der Waals surface area contributed by atoms with Crippen molar-refractivity contribution >= 4 is 41.1 Å². The monoisotopic (exact) mass is 544 g/mol. The Bertz CT molecular complexity index is 1130. The molecule has 2 aromatic rings. The van der Waals surface area contributed by atoms with E-state index in [4.69, 9.17) is 22.1 Å². The Kier molecular flexibility index (Phi) is 10.7. The normalized spacial score (nSPS) is 12.8. The molecule has 9 nitrogen and oxygen atoms in total. The van der Waals surface area contributed by atoms with E-state index in [0.717, 1.165) is 5.56 Å². The molecule has 0 aliphatic rings. The molecule has 4 amide bonds. The Morgan fingerprint density at radius 1 is 1.03 bits per heavy atom. The number of amides is 4. The molecule has 0 bridgehead atoms. The van der Waals surface area contributed by atoms with Gasteiger partial charge in [0.1, 0.15) is 17.7 Å². The maximum Gasteiger partial charge on any atom is 0.408 e. The van der Waals surface area contributed by atoms with E-state index in [1.165, 1.54) is 4.90 Å². The van der Waals surface area contributed by atoms with Gasteiger partial charge < -0.3 is 26.0 Å². The number of hydrogen-bond acceptors (Lipinski definition) is 5. The van der Waals surface area contributed by atoms with Gasteiger partial charge in [0.05, 0.1) is 10.7 Å². The first kappa shape index (κ1) is 30.6. The maximum absolute atomic E-state index is 14.0. The number of nitrogens with one attached hydrogen (secondary N) is 2. The summed E-state index contributed by atoms with van der Waals surface area (Å²) < 4.78 is 5.33. The van der Waals surface area contributed by atoms with Crippen LogP contribution in [-0.4, -0.2) is 46.4 Å². The van der Waals surface area contributed by atoms with E-state index in [1.807, 2.05) is 13.0 Å². The van der Waals surface area contributed by atoms with E-state index in [2.05, 4.69) is 10.6 Å². The van der Waals surface area contributed by atoms with Crippen LogP contribution >= 0.6 is 11.6 Å². The van der Waals surface area contributed by atoms with Crippen molar-refractivity contribution in [1.29, 1.82) is 0 Å². The second-order valence-corrected chi connectivity index (χ2v) is 10.7. The van der Waals surface area contributed by atoms with Gasteiger partial charge in [0, 0.05) is 12.5 Å². The maximum atomic E-state index is 14.0. The van der Waals surface area contributed by atoms with E-state index < -0.39 is 47.5 Å². The minimum Gasteiger partial charge on any atom is -0.444 e. The van der Waals surface area contributed by atoms with E-state index >= 15 is 0 Å². The van der Waals surface area contributed by atoms with Gasteiger partial charge in [-0.15, -0.1) is 0 Å². The van der Waals surface area contributed by atoms with Crippen LogP contribution in [0, 0.1) is 6.92 Å². The molecule has 2 atom stereocenters. The number of rotatable bonds is 10. The summed E-state index contributed by atoms with van der Waals surface area (Å²) in [4.78, 5) is 53.3. The lowest BCUT2D eigenvalue weighted by Crippen LogP contribution is -2.54. The highest BCUT2D eigenvalue weighted by Gasteiger charge is 2.38. The van der Waals surface area contributed by atoms with Crippen LogP contribution in [0.4, 0.5) is 10.5 Å². The number of nitrogens with zero attached hydrogens (tertiary/aromatic N) is 1. The average Bonchev–Trinajstić information content (AvgIpc) is 2.81. The lowest BCUT2D eigenvalue weighted by atomic mass is 9.99. The molecule has 0 spiro atoms. The molecule has 0 aliphatic heterocycles. The fourth-order valence-corrected chi connectivity index (χ4v) is 4.18. The first-order chi connectivity index (χ1) is 17.7. The van der Waals surface area contributed by atoms with Gasteiger partial charge in [0.2, 0.25) is 11.8 Å². The number of alkyl carbamates (subject to hydrolysis) is 1. The van der Waals surface area contributed by atoms with Crippen LogP contribution < -0.4 is 16.4 Å². The molecule has 2 unspecified atom stereocenters. The van der Waals surface area contributed by atoms with Crippen molar-refractivity contribution in [3.8, 4) is 0 Å². The molecule has 206 valence electrons. The minimum absolute atomic E-state index is 0.0661. The molecule has 10 heteroatoms. The Morgan fingerprint density at radius 3 is 2.18 bits per heavy atom. The molecule has 0 saturated carbocycles. The third kappa shape index (κ3) is 8.76. The molecule has 4 N–H and O–H groups in total. The fraction of sp³-hybridized carbons (Fsp3) is 0.429. The van der Waals surface area contributed by atoms with Crippen LogP contribution in [0.3, 0.4) is 0 Å². The Hall–Kier alpha value is -3.59. The van der Waals surface area contributed by atoms with Gasteiger partial charge in [-0.2, -0.15) is 0 Å². The van der Waals surface area contributed by atoms with Gasteiger partial charge in [-0.25, -0.2) is 4.79 Å². The Labute approximate surface area is 229 Å². The molecule has 0 aliphatic carbocycles. The summed E-state index contributed by atoms with van der Waals surface area (Å²) in [5, 5.41) is 5.80. The summed E-state index contributed by atoms with van der Waals surface area (Å²) in [6, 6.07) is 11.4. The summed E-state index contributed by atoms with van der Waals surface area (Å²) in [5.41, 5.74) is 6.28. The van der Waals surface area contributed by atoms with Crippen molar-refractivity contribution in [3.05, 3.63) is 64.7 Å². The zero-order chi connectivity index (χ0) is 28.6. The largest absolute Gasteiger partial charge is 0.444 e. The molecular weight excluding hydrogens is 508 g/mol. The van der Waals surface area contributed by atoms with Crippen molar-refractivity contribution in [2.75, 3.05) is 5.32 Å². The topological polar surface area (TPSA) is 131 Å². The number of aryl methyl sites for hydroxylation is 1. The standard InChI is InChI=1S/C28H37ClN4O5/c1-17(2)33(26(36)21(15-16-22(30)34)31-27(37)38-28(4,5)6)24(19-12-8-7-9-13-19)25(35)32-23-18(3)11-10-14-20(23)29/h7-14,17,21,24H,15-16H2,1-6H3,(H2,30,34)(H,31,37)(H,32,35). The van der Waals surface area contributed by atoms with E-state index in [9.17, 15) is 19.2 Å². The number of anilines is 1. The Balaban J connectivity index is 2.52. The van der Waals surface area contributed by atoms with Gasteiger partial charge in [-0.05, 0) is 65.2 Å². The molecule has 0 fully saturated rings. The lowest BCUT2D eigenvalue weighted by Gasteiger charge is -2.37. The number of carbonyl (C=O) groups is 4. The highest BCUT2D eigenvalue weighted by Crippen LogP contribution is 2.30. The third-order valence-corrected chi connectivity index (χ3v) is 5.91. The van der Waals surface area contributed by atoms with Gasteiger partial charge in [-0.3, -0.25) is 14.4 Å². The zero-order valence-electron chi connectivity index (χ0n) is 22.7. The number of hydrogen-bond donors (Lipinski definition) is 3. The van der Waals surface area contributed by atoms with Crippen molar-refractivity contribution in [1.82, 2.24) is 10.2 Å². The zero-order valence-corrected chi connectivity index (χ0v) is 23.5. The summed E-state index contributed by atoms with van der Waals surface area (Å²) in [6.45, 7) is 10.4. The highest BCUT2D eigenvalue weighted by atomic mass is 35.5. The van der Waals surface area contributed by atoms with Gasteiger partial charge in [0.25, 0.3) is 5.91 Å². The predicted octanol–water partition coefficient (Wildman–Crippen LogP) is 4.72. The summed E-state index contributed by atoms with van der Waals surface area (Å²) in [6.07, 6.45) is -1.04. The molecular formula is C28H37ClN4O5. The number of nitrogens with two attached hydrogens (primary N) is 1. The number of halogens is 1. The summed E-state index contributed by atoms with van der Waals surface area (Å²) >= 11 is 6.36. The Morgan fingerprint density at radius 2 is 1.66 bits per heavy atom. The van der Waals surface area contributed by atoms with Crippen LogP contribution in [0.15, 0.2) is 48.5 Å². The average molecular weight is 545 g/mol. The third-order valence-electron chi connectivity index (χ3n) is 5.59. The fourth-order valence-electron chi connectivity index (χ4n) is 3.91. The van der Waals surface area contributed by atoms with Crippen molar-refractivity contribution in [2.45, 2.75) is 78.1 Å². The van der Waals surface area contributed by atoms with Gasteiger partial charge in [-0.1, -0.05) is 54.1 Å². The van der Waals surface area contributed by atoms with E-state index in [-0.39, 0.29) is 12.8 Å². The molecule has 2 rings (SSSR count). The van der Waals surface area contributed by atoms with Crippen LogP contribution in [0.2, 0.25) is 5.02 Å². The van der Waals surface area contributed by atoms with Crippen molar-refractivity contribution < 1.29 is 23.9 Å². The SMILES string of the molecule is Cc1cccc(Cl)c1NC(=O)C(c1ccccc1)N(C(=O)C(CCC(N)=O)NC(=O)OC(C)(C)C)C(C)C. The number of carbonyl (C=O) groups excluding carboxylic acids is 4. The first-order valence-electron chi connectivity index (χ1n) is 12.4. The smallest absolute Gasteiger partial charge is 0.408 e. The first-order valence-corrected chi connectivity index (χ1v) is 12.8. The summed E-state index contributed by atoms with van der Waals surface area (Å²) in [7, 11) is 0. The van der Waals surface area contributed by atoms with Crippen LogP contribution in [0.5, 0.6) is 0 Å². The van der Waals surface area contributed by atoms with Crippen LogP contribution in [-0.2, 0) is 19.1 Å². The van der Waals surface area contributed by atoms with E-state index in [0.29, 0.717) is 16.3 Å². The van der Waals surface area contributed by atoms with Crippen molar-refractivity contribution in [3.63, 3.8) is 0 Å². The van der Waals surface area contributed by atoms with Gasteiger partial charge in [0.15, 0.2) is 0 Å². The van der Waals surface area contributed by atoms with Crippen molar-refractivity contribution in [2.24, 2.45) is 5.73 Å². The molecule has 0 heterocycles.